The van der Waals surface area contributed by atoms with Gasteiger partial charge in [0.2, 0.25) is 0 Å². The Morgan fingerprint density at radius 3 is 2.50 bits per heavy atom. The summed E-state index contributed by atoms with van der Waals surface area (Å²) in [6.45, 7) is 12.0. The summed E-state index contributed by atoms with van der Waals surface area (Å²) in [5.74, 6) is 1.71. The van der Waals surface area contributed by atoms with E-state index in [1.165, 1.54) is 6.92 Å². The van der Waals surface area contributed by atoms with Crippen LogP contribution in [0.1, 0.15) is 44.5 Å². The lowest BCUT2D eigenvalue weighted by atomic mass is 10.1. The summed E-state index contributed by atoms with van der Waals surface area (Å²) in [6.07, 6.45) is 0.921. The van der Waals surface area contributed by atoms with E-state index >= 15 is 0 Å². The Bertz CT molecular complexity index is 523. The number of allylic oxidation sites excluding steroid dienone is 1. The number of carbonyl (C=O) groups is 1. The van der Waals surface area contributed by atoms with Gasteiger partial charge >= 0.3 is 0 Å². The average Bonchev–Trinajstić information content (AvgIpc) is 2.39. The first-order valence-electron chi connectivity index (χ1n) is 6.74. The molecule has 108 valence electrons. The van der Waals surface area contributed by atoms with Crippen molar-refractivity contribution in [1.29, 1.82) is 0 Å². The van der Waals surface area contributed by atoms with E-state index in [9.17, 15) is 4.79 Å². The summed E-state index contributed by atoms with van der Waals surface area (Å²) in [4.78, 5) is 11.4. The van der Waals surface area contributed by atoms with Crippen molar-refractivity contribution in [3.63, 3.8) is 0 Å². The lowest BCUT2D eigenvalue weighted by molar-refractivity contribution is 0.101. The fourth-order valence-corrected chi connectivity index (χ4v) is 1.67. The highest BCUT2D eigenvalue weighted by atomic mass is 16.5. The van der Waals surface area contributed by atoms with Gasteiger partial charge in [0.1, 0.15) is 5.75 Å². The zero-order valence-electron chi connectivity index (χ0n) is 12.7. The molecular formula is C17H22O3. The summed E-state index contributed by atoms with van der Waals surface area (Å²) in [7, 11) is 0. The highest BCUT2D eigenvalue weighted by Crippen LogP contribution is 2.22. The van der Waals surface area contributed by atoms with Crippen LogP contribution >= 0.6 is 0 Å². The van der Waals surface area contributed by atoms with Crippen LogP contribution in [0.5, 0.6) is 5.75 Å². The summed E-state index contributed by atoms with van der Waals surface area (Å²) < 4.78 is 11.3. The van der Waals surface area contributed by atoms with E-state index in [0.29, 0.717) is 29.4 Å². The lowest BCUT2D eigenvalue weighted by Gasteiger charge is -2.15. The predicted octanol–water partition coefficient (Wildman–Crippen LogP) is 4.50. The van der Waals surface area contributed by atoms with Gasteiger partial charge in [-0.3, -0.25) is 4.79 Å². The largest absolute Gasteiger partial charge is 0.490 e. The zero-order valence-corrected chi connectivity index (χ0v) is 12.7. The molecule has 3 heteroatoms. The van der Waals surface area contributed by atoms with Crippen LogP contribution in [-0.2, 0) is 4.74 Å². The van der Waals surface area contributed by atoms with Gasteiger partial charge in [-0.1, -0.05) is 25.6 Å². The Balaban J connectivity index is 2.86. The molecule has 0 aliphatic rings. The monoisotopic (exact) mass is 274 g/mol. The summed E-state index contributed by atoms with van der Waals surface area (Å²) >= 11 is 0. The number of benzene rings is 1. The van der Waals surface area contributed by atoms with Crippen molar-refractivity contribution in [1.82, 2.24) is 0 Å². The first-order valence-corrected chi connectivity index (χ1v) is 6.74. The second kappa shape index (κ2) is 7.53. The highest BCUT2D eigenvalue weighted by molar-refractivity contribution is 5.94. The van der Waals surface area contributed by atoms with Gasteiger partial charge in [-0.15, -0.1) is 0 Å². The van der Waals surface area contributed by atoms with Crippen LogP contribution in [-0.4, -0.2) is 12.4 Å². The smallest absolute Gasteiger partial charge is 0.162 e. The number of carbonyl (C=O) groups excluding carboxylic acids is 1. The second-order valence-corrected chi connectivity index (χ2v) is 4.79. The van der Waals surface area contributed by atoms with Crippen molar-refractivity contribution in [3.8, 4) is 5.75 Å². The van der Waals surface area contributed by atoms with E-state index in [-0.39, 0.29) is 5.78 Å². The third-order valence-electron chi connectivity index (χ3n) is 2.64. The van der Waals surface area contributed by atoms with Gasteiger partial charge in [0, 0.05) is 5.56 Å². The summed E-state index contributed by atoms with van der Waals surface area (Å²) in [6, 6.07) is 7.04. The van der Waals surface area contributed by atoms with Crippen LogP contribution in [0.15, 0.2) is 47.9 Å². The van der Waals surface area contributed by atoms with Crippen molar-refractivity contribution in [2.45, 2.75) is 34.1 Å². The molecular weight excluding hydrogens is 252 g/mol. The molecule has 0 heterocycles. The lowest BCUT2D eigenvalue weighted by Crippen LogP contribution is -2.05. The molecule has 20 heavy (non-hydrogen) atoms. The van der Waals surface area contributed by atoms with Crippen molar-refractivity contribution in [2.24, 2.45) is 0 Å². The normalized spacial score (nSPS) is 9.80. The fourth-order valence-electron chi connectivity index (χ4n) is 1.67. The van der Waals surface area contributed by atoms with Crippen LogP contribution < -0.4 is 4.74 Å². The summed E-state index contributed by atoms with van der Waals surface area (Å²) in [5.41, 5.74) is 1.62. The van der Waals surface area contributed by atoms with Crippen molar-refractivity contribution < 1.29 is 14.3 Å². The Morgan fingerprint density at radius 2 is 1.95 bits per heavy atom. The van der Waals surface area contributed by atoms with Gasteiger partial charge in [-0.05, 0) is 44.9 Å². The van der Waals surface area contributed by atoms with Gasteiger partial charge in [0.25, 0.3) is 0 Å². The third-order valence-corrected chi connectivity index (χ3v) is 2.64. The number of ketones is 1. The maximum absolute atomic E-state index is 11.4. The molecule has 1 aromatic carbocycles. The number of rotatable bonds is 7. The second-order valence-electron chi connectivity index (χ2n) is 4.79. The molecule has 0 saturated heterocycles. The van der Waals surface area contributed by atoms with E-state index in [1.807, 2.05) is 20.8 Å². The fraction of sp³-hybridized carbons (Fsp3) is 0.353. The predicted molar refractivity (Wildman–Crippen MR) is 80.8 cm³/mol. The standard InChI is InChI=1S/C17H22O3/c1-6-10-19-17(12(2)3)14(5)20-16-9-7-8-15(11-16)13(4)18/h7-9,11H,5-6,10H2,1-4H3. The number of hydrogen-bond acceptors (Lipinski definition) is 3. The molecule has 0 aromatic heterocycles. The Hall–Kier alpha value is -2.03. The molecule has 0 amide bonds. The molecule has 0 N–H and O–H groups in total. The molecule has 0 atom stereocenters. The van der Waals surface area contributed by atoms with Crippen LogP contribution in [0.4, 0.5) is 0 Å². The maximum Gasteiger partial charge on any atom is 0.162 e. The molecule has 0 bridgehead atoms. The van der Waals surface area contributed by atoms with Gasteiger partial charge in [0.15, 0.2) is 17.3 Å². The maximum atomic E-state index is 11.4. The molecule has 3 nitrogen and oxygen atoms in total. The van der Waals surface area contributed by atoms with E-state index in [4.69, 9.17) is 9.47 Å². The topological polar surface area (TPSA) is 35.5 Å². The number of Topliss-reactive ketones (excluding diaryl/α,β-unsaturated/α-hetero) is 1. The van der Waals surface area contributed by atoms with Crippen molar-refractivity contribution in [2.75, 3.05) is 6.61 Å². The Kier molecular flexibility index (Phi) is 6.04. The van der Waals surface area contributed by atoms with E-state index in [1.54, 1.807) is 24.3 Å². The zero-order chi connectivity index (χ0) is 15.1. The van der Waals surface area contributed by atoms with Gasteiger partial charge < -0.3 is 9.47 Å². The SMILES string of the molecule is C=C(Oc1cccc(C(C)=O)c1)C(OCCC)=C(C)C. The molecule has 0 saturated carbocycles. The van der Waals surface area contributed by atoms with Crippen LogP contribution in [0.3, 0.4) is 0 Å². The Labute approximate surface area is 120 Å². The summed E-state index contributed by atoms with van der Waals surface area (Å²) in [5, 5.41) is 0. The van der Waals surface area contributed by atoms with Crippen LogP contribution in [0.2, 0.25) is 0 Å². The molecule has 0 unspecified atom stereocenters. The van der Waals surface area contributed by atoms with E-state index in [0.717, 1.165) is 12.0 Å². The van der Waals surface area contributed by atoms with Crippen LogP contribution in [0.25, 0.3) is 0 Å². The minimum Gasteiger partial charge on any atom is -0.490 e. The number of ether oxygens (including phenoxy) is 2. The van der Waals surface area contributed by atoms with Crippen molar-refractivity contribution in [3.05, 3.63) is 53.5 Å². The first kappa shape index (κ1) is 16.0. The minimum absolute atomic E-state index is 0.00531. The molecule has 1 rings (SSSR count). The molecule has 1 aromatic rings. The average molecular weight is 274 g/mol. The van der Waals surface area contributed by atoms with Crippen molar-refractivity contribution >= 4 is 5.78 Å². The minimum atomic E-state index is 0.00531. The Morgan fingerprint density at radius 1 is 1.25 bits per heavy atom. The van der Waals surface area contributed by atoms with Gasteiger partial charge in [-0.2, -0.15) is 0 Å². The van der Waals surface area contributed by atoms with Gasteiger partial charge in [-0.25, -0.2) is 0 Å². The third kappa shape index (κ3) is 4.57. The van der Waals surface area contributed by atoms with E-state index < -0.39 is 0 Å². The molecule has 0 aliphatic heterocycles. The molecule has 0 fully saturated rings. The van der Waals surface area contributed by atoms with Crippen LogP contribution in [0, 0.1) is 0 Å². The first-order chi connectivity index (χ1) is 9.45. The number of hydrogen-bond donors (Lipinski definition) is 0. The quantitative estimate of drug-likeness (QED) is 0.417. The van der Waals surface area contributed by atoms with E-state index in [2.05, 4.69) is 6.58 Å². The van der Waals surface area contributed by atoms with Gasteiger partial charge in [0.05, 0.1) is 6.61 Å². The molecule has 0 radical (unpaired) electrons. The molecule has 0 spiro atoms. The molecule has 0 aliphatic carbocycles. The highest BCUT2D eigenvalue weighted by Gasteiger charge is 2.10.